The molecule has 0 aromatic heterocycles. The number of para-hydroxylation sites is 1. The minimum atomic E-state index is -0.759. The van der Waals surface area contributed by atoms with Crippen molar-refractivity contribution in [2.24, 2.45) is 5.41 Å². The minimum absolute atomic E-state index is 0.0275. The maximum absolute atomic E-state index is 12.8. The molecule has 0 spiro atoms. The standard InChI is InChI=1S/C16H18N2O/c17-12-16(9-3-4-10-16)15(19)18-11-5-7-13-6-1-2-8-14(13)18/h1-2,6,8H,3-5,7,9-11H2. The Hall–Kier alpha value is -1.82. The first-order valence-corrected chi connectivity index (χ1v) is 7.08. The molecule has 1 aliphatic carbocycles. The molecule has 19 heavy (non-hydrogen) atoms. The predicted molar refractivity (Wildman–Crippen MR) is 73.6 cm³/mol. The highest BCUT2D eigenvalue weighted by Crippen LogP contribution is 2.41. The molecule has 1 aliphatic heterocycles. The van der Waals surface area contributed by atoms with Crippen LogP contribution in [0.3, 0.4) is 0 Å². The van der Waals surface area contributed by atoms with Gasteiger partial charge in [0.1, 0.15) is 5.41 Å². The van der Waals surface area contributed by atoms with Gasteiger partial charge in [0.15, 0.2) is 0 Å². The number of nitrogens with zero attached hydrogens (tertiary/aromatic N) is 2. The molecule has 1 saturated carbocycles. The second-order valence-corrected chi connectivity index (χ2v) is 5.59. The molecule has 0 bridgehead atoms. The van der Waals surface area contributed by atoms with Crippen molar-refractivity contribution in [1.82, 2.24) is 0 Å². The highest BCUT2D eigenvalue weighted by molar-refractivity contribution is 6.00. The number of carbonyl (C=O) groups excluding carboxylic acids is 1. The number of aryl methyl sites for hydroxylation is 1. The van der Waals surface area contributed by atoms with Crippen LogP contribution in [0, 0.1) is 16.7 Å². The molecule has 98 valence electrons. The molecule has 2 aliphatic rings. The maximum atomic E-state index is 12.8. The van der Waals surface area contributed by atoms with E-state index in [4.69, 9.17) is 0 Å². The number of fused-ring (bicyclic) bond motifs is 1. The summed E-state index contributed by atoms with van der Waals surface area (Å²) in [6.45, 7) is 0.749. The number of rotatable bonds is 1. The van der Waals surface area contributed by atoms with Crippen LogP contribution in [0.5, 0.6) is 0 Å². The van der Waals surface area contributed by atoms with Crippen molar-refractivity contribution in [2.75, 3.05) is 11.4 Å². The smallest absolute Gasteiger partial charge is 0.247 e. The van der Waals surface area contributed by atoms with Crippen LogP contribution in [-0.2, 0) is 11.2 Å². The lowest BCUT2D eigenvalue weighted by Crippen LogP contribution is -2.44. The summed E-state index contributed by atoms with van der Waals surface area (Å²) in [5.41, 5.74) is 1.48. The number of nitriles is 1. The van der Waals surface area contributed by atoms with Crippen LogP contribution in [0.15, 0.2) is 24.3 Å². The number of anilines is 1. The van der Waals surface area contributed by atoms with Gasteiger partial charge in [-0.25, -0.2) is 0 Å². The average molecular weight is 254 g/mol. The van der Waals surface area contributed by atoms with Gasteiger partial charge in [-0.2, -0.15) is 5.26 Å². The van der Waals surface area contributed by atoms with Crippen LogP contribution in [0.2, 0.25) is 0 Å². The van der Waals surface area contributed by atoms with Gasteiger partial charge in [-0.15, -0.1) is 0 Å². The van der Waals surface area contributed by atoms with Gasteiger partial charge < -0.3 is 4.90 Å². The lowest BCUT2D eigenvalue weighted by Gasteiger charge is -2.34. The van der Waals surface area contributed by atoms with Gasteiger partial charge in [-0.1, -0.05) is 31.0 Å². The van der Waals surface area contributed by atoms with E-state index in [0.29, 0.717) is 0 Å². The summed E-state index contributed by atoms with van der Waals surface area (Å²) in [5.74, 6) is 0.0275. The molecular weight excluding hydrogens is 236 g/mol. The number of hydrogen-bond acceptors (Lipinski definition) is 2. The van der Waals surface area contributed by atoms with E-state index < -0.39 is 5.41 Å². The molecule has 1 aromatic carbocycles. The Bertz CT molecular complexity index is 538. The zero-order chi connectivity index (χ0) is 13.3. The largest absolute Gasteiger partial charge is 0.311 e. The van der Waals surface area contributed by atoms with Gasteiger partial charge in [-0.3, -0.25) is 4.79 Å². The highest BCUT2D eigenvalue weighted by atomic mass is 16.2. The van der Waals surface area contributed by atoms with E-state index in [1.54, 1.807) is 0 Å². The third-order valence-electron chi connectivity index (χ3n) is 4.44. The molecule has 1 aromatic rings. The predicted octanol–water partition coefficient (Wildman–Crippen LogP) is 3.05. The molecule has 1 fully saturated rings. The van der Waals surface area contributed by atoms with Crippen LogP contribution in [-0.4, -0.2) is 12.5 Å². The fraction of sp³-hybridized carbons (Fsp3) is 0.500. The van der Waals surface area contributed by atoms with Gasteiger partial charge in [0.25, 0.3) is 0 Å². The molecule has 3 rings (SSSR count). The van der Waals surface area contributed by atoms with Gasteiger partial charge in [0.05, 0.1) is 6.07 Å². The summed E-state index contributed by atoms with van der Waals surface area (Å²) >= 11 is 0. The Morgan fingerprint density at radius 2 is 1.95 bits per heavy atom. The van der Waals surface area contributed by atoms with E-state index >= 15 is 0 Å². The van der Waals surface area contributed by atoms with Crippen molar-refractivity contribution in [3.63, 3.8) is 0 Å². The second kappa shape index (κ2) is 4.70. The third-order valence-corrected chi connectivity index (χ3v) is 4.44. The Labute approximate surface area is 113 Å². The molecule has 0 saturated heterocycles. The van der Waals surface area contributed by atoms with Crippen LogP contribution in [0.1, 0.15) is 37.7 Å². The van der Waals surface area contributed by atoms with Crippen molar-refractivity contribution in [1.29, 1.82) is 5.26 Å². The number of amides is 1. The lowest BCUT2D eigenvalue weighted by molar-refractivity contribution is -0.125. The zero-order valence-electron chi connectivity index (χ0n) is 11.1. The Kier molecular flexibility index (Phi) is 3.02. The first-order valence-electron chi connectivity index (χ1n) is 7.08. The maximum Gasteiger partial charge on any atom is 0.247 e. The molecule has 0 atom stereocenters. The fourth-order valence-electron chi connectivity index (χ4n) is 3.35. The number of benzene rings is 1. The zero-order valence-corrected chi connectivity index (χ0v) is 11.1. The molecule has 0 unspecified atom stereocenters. The Morgan fingerprint density at radius 1 is 1.21 bits per heavy atom. The molecule has 3 heteroatoms. The molecule has 3 nitrogen and oxygen atoms in total. The van der Waals surface area contributed by atoms with Crippen LogP contribution in [0.25, 0.3) is 0 Å². The van der Waals surface area contributed by atoms with Crippen LogP contribution in [0.4, 0.5) is 5.69 Å². The van der Waals surface area contributed by atoms with E-state index in [1.165, 1.54) is 5.56 Å². The second-order valence-electron chi connectivity index (χ2n) is 5.59. The van der Waals surface area contributed by atoms with E-state index in [9.17, 15) is 10.1 Å². The Balaban J connectivity index is 1.96. The van der Waals surface area contributed by atoms with E-state index in [1.807, 2.05) is 23.1 Å². The van der Waals surface area contributed by atoms with Crippen molar-refractivity contribution in [2.45, 2.75) is 38.5 Å². The SMILES string of the molecule is N#CC1(C(=O)N2CCCc3ccccc32)CCCC1. The molecule has 0 radical (unpaired) electrons. The van der Waals surface area contributed by atoms with Crippen molar-refractivity contribution in [3.05, 3.63) is 29.8 Å². The highest BCUT2D eigenvalue weighted by Gasteiger charge is 2.44. The topological polar surface area (TPSA) is 44.1 Å². The number of hydrogen-bond donors (Lipinski definition) is 0. The van der Waals surface area contributed by atoms with Gasteiger partial charge in [-0.05, 0) is 37.3 Å². The first kappa shape index (κ1) is 12.2. The number of carbonyl (C=O) groups is 1. The van der Waals surface area contributed by atoms with E-state index in [0.717, 1.165) is 50.8 Å². The van der Waals surface area contributed by atoms with Crippen LogP contribution >= 0.6 is 0 Å². The van der Waals surface area contributed by atoms with E-state index in [2.05, 4.69) is 12.1 Å². The molecule has 1 amide bonds. The van der Waals surface area contributed by atoms with Crippen molar-refractivity contribution >= 4 is 11.6 Å². The van der Waals surface area contributed by atoms with Gasteiger partial charge >= 0.3 is 0 Å². The Morgan fingerprint density at radius 3 is 2.68 bits per heavy atom. The summed E-state index contributed by atoms with van der Waals surface area (Å²) in [7, 11) is 0. The minimum Gasteiger partial charge on any atom is -0.311 e. The fourth-order valence-corrected chi connectivity index (χ4v) is 3.35. The molecule has 1 heterocycles. The summed E-state index contributed by atoms with van der Waals surface area (Å²) < 4.78 is 0. The van der Waals surface area contributed by atoms with Crippen molar-refractivity contribution in [3.8, 4) is 6.07 Å². The summed E-state index contributed by atoms with van der Waals surface area (Å²) in [5, 5.41) is 9.47. The van der Waals surface area contributed by atoms with Gasteiger partial charge in [0.2, 0.25) is 5.91 Å². The molecular formula is C16H18N2O. The van der Waals surface area contributed by atoms with E-state index in [-0.39, 0.29) is 5.91 Å². The third kappa shape index (κ3) is 1.92. The summed E-state index contributed by atoms with van der Waals surface area (Å²) in [6.07, 6.45) is 5.45. The molecule has 0 N–H and O–H groups in total. The summed E-state index contributed by atoms with van der Waals surface area (Å²) in [4.78, 5) is 14.7. The average Bonchev–Trinajstić information content (AvgIpc) is 2.96. The monoisotopic (exact) mass is 254 g/mol. The first-order chi connectivity index (χ1) is 9.27. The van der Waals surface area contributed by atoms with Crippen LogP contribution < -0.4 is 4.90 Å². The quantitative estimate of drug-likeness (QED) is 0.773. The lowest BCUT2D eigenvalue weighted by atomic mass is 9.85. The summed E-state index contributed by atoms with van der Waals surface area (Å²) in [6, 6.07) is 10.4. The normalized spacial score (nSPS) is 20.7. The van der Waals surface area contributed by atoms with Crippen molar-refractivity contribution < 1.29 is 4.79 Å². The van der Waals surface area contributed by atoms with Gasteiger partial charge in [0, 0.05) is 12.2 Å².